The molecule has 2 heterocycles. The van der Waals surface area contributed by atoms with Gasteiger partial charge >= 0.3 is 0 Å². The first-order valence-electron chi connectivity index (χ1n) is 6.25. The van der Waals surface area contributed by atoms with Crippen molar-refractivity contribution in [3.63, 3.8) is 0 Å². The van der Waals surface area contributed by atoms with E-state index in [-0.39, 0.29) is 0 Å². The molecular weight excluding hydrogens is 228 g/mol. The highest BCUT2D eigenvalue weighted by molar-refractivity contribution is 5.95. The van der Waals surface area contributed by atoms with Gasteiger partial charge in [0.25, 0.3) is 0 Å². The first-order chi connectivity index (χ1) is 8.81. The highest BCUT2D eigenvalue weighted by Crippen LogP contribution is 2.26. The molecule has 1 aromatic rings. The zero-order valence-corrected chi connectivity index (χ0v) is 10.1. The lowest BCUT2D eigenvalue weighted by Crippen LogP contribution is -2.19. The number of benzene rings is 1. The Labute approximate surface area is 106 Å². The highest BCUT2D eigenvalue weighted by Gasteiger charge is 2.12. The Bertz CT molecular complexity index is 521. The maximum atomic E-state index is 9.40. The van der Waals surface area contributed by atoms with Crippen LogP contribution in [0.1, 0.15) is 17.5 Å². The lowest BCUT2D eigenvalue weighted by molar-refractivity contribution is 0.357. The molecule has 3 rings (SSSR count). The Morgan fingerprint density at radius 3 is 3.17 bits per heavy atom. The number of allylic oxidation sites excluding steroid dienone is 1. The van der Waals surface area contributed by atoms with Crippen LogP contribution >= 0.6 is 0 Å². The van der Waals surface area contributed by atoms with Crippen LogP contribution in [0, 0.1) is 0 Å². The number of hydrazone groups is 1. The molecule has 0 aromatic heterocycles. The summed E-state index contributed by atoms with van der Waals surface area (Å²) in [5, 5.41) is 13.6. The minimum absolute atomic E-state index is 0.349. The van der Waals surface area contributed by atoms with Gasteiger partial charge in [0.05, 0.1) is 18.9 Å². The Balaban J connectivity index is 1.65. The minimum atomic E-state index is 0.349. The van der Waals surface area contributed by atoms with E-state index in [1.165, 1.54) is 11.1 Å². The molecule has 4 heteroatoms. The molecule has 94 valence electrons. The topological polar surface area (TPSA) is 53.9 Å². The summed E-state index contributed by atoms with van der Waals surface area (Å²) in [6.45, 7) is 1.23. The van der Waals surface area contributed by atoms with E-state index in [4.69, 9.17) is 4.74 Å². The molecule has 2 aliphatic heterocycles. The van der Waals surface area contributed by atoms with E-state index in [9.17, 15) is 5.11 Å². The molecular formula is C14H16N2O2. The van der Waals surface area contributed by atoms with Crippen molar-refractivity contribution < 1.29 is 9.84 Å². The van der Waals surface area contributed by atoms with Gasteiger partial charge in [-0.3, -0.25) is 0 Å². The fourth-order valence-electron chi connectivity index (χ4n) is 2.29. The zero-order chi connectivity index (χ0) is 12.4. The second-order valence-electron chi connectivity index (χ2n) is 4.61. The van der Waals surface area contributed by atoms with E-state index >= 15 is 0 Å². The van der Waals surface area contributed by atoms with Gasteiger partial charge in [-0.1, -0.05) is 12.1 Å². The lowest BCUT2D eigenvalue weighted by atomic mass is 10.0. The van der Waals surface area contributed by atoms with Crippen LogP contribution in [-0.4, -0.2) is 24.0 Å². The molecule has 0 bridgehead atoms. The maximum absolute atomic E-state index is 9.40. The van der Waals surface area contributed by atoms with Crippen molar-refractivity contribution >= 4 is 5.71 Å². The predicted molar refractivity (Wildman–Crippen MR) is 70.1 cm³/mol. The summed E-state index contributed by atoms with van der Waals surface area (Å²) < 4.78 is 5.49. The number of rotatable bonds is 3. The molecule has 1 aromatic carbocycles. The molecule has 18 heavy (non-hydrogen) atoms. The summed E-state index contributed by atoms with van der Waals surface area (Å²) in [6, 6.07) is 6.36. The van der Waals surface area contributed by atoms with E-state index in [2.05, 4.69) is 22.7 Å². The van der Waals surface area contributed by atoms with Crippen LogP contribution in [0.3, 0.4) is 0 Å². The van der Waals surface area contributed by atoms with Crippen molar-refractivity contribution in [2.75, 3.05) is 13.2 Å². The summed E-state index contributed by atoms with van der Waals surface area (Å²) in [5.74, 6) is 1.37. The molecule has 0 amide bonds. The van der Waals surface area contributed by atoms with Crippen LogP contribution in [0.2, 0.25) is 0 Å². The number of nitrogens with one attached hydrogen (secondary N) is 1. The number of hydrogen-bond acceptors (Lipinski definition) is 4. The van der Waals surface area contributed by atoms with Gasteiger partial charge in [0, 0.05) is 12.5 Å². The lowest BCUT2D eigenvalue weighted by Gasteiger charge is -2.10. The molecule has 0 saturated carbocycles. The molecule has 0 unspecified atom stereocenters. The van der Waals surface area contributed by atoms with Crippen LogP contribution in [0.25, 0.3) is 0 Å². The second-order valence-corrected chi connectivity index (χ2v) is 4.61. The van der Waals surface area contributed by atoms with E-state index in [0.29, 0.717) is 12.3 Å². The number of aryl methyl sites for hydroxylation is 1. The first kappa shape index (κ1) is 11.1. The Morgan fingerprint density at radius 1 is 1.33 bits per heavy atom. The van der Waals surface area contributed by atoms with Crippen molar-refractivity contribution in [1.82, 2.24) is 5.43 Å². The third-order valence-electron chi connectivity index (χ3n) is 3.24. The molecule has 0 aliphatic carbocycles. The fraction of sp³-hybridized carbons (Fsp3) is 0.357. The number of nitrogens with zero attached hydrogens (tertiary/aromatic N) is 1. The molecule has 0 spiro atoms. The van der Waals surface area contributed by atoms with Gasteiger partial charge in [-0.15, -0.1) is 0 Å². The standard InChI is InChI=1S/C14H16N2O2/c17-13-8-12(16-15-9-13)3-1-10-2-4-14-11(7-10)5-6-18-14/h2,4,7-8,15,17H,1,3,5-6,9H2. The maximum Gasteiger partial charge on any atom is 0.122 e. The van der Waals surface area contributed by atoms with E-state index in [1.807, 2.05) is 6.07 Å². The average Bonchev–Trinajstić information content (AvgIpc) is 2.84. The number of fused-ring (bicyclic) bond motifs is 1. The van der Waals surface area contributed by atoms with Crippen LogP contribution in [0.5, 0.6) is 5.75 Å². The minimum Gasteiger partial charge on any atom is -0.510 e. The van der Waals surface area contributed by atoms with Crippen molar-refractivity contribution in [3.05, 3.63) is 41.2 Å². The van der Waals surface area contributed by atoms with Crippen LogP contribution < -0.4 is 10.2 Å². The summed E-state index contributed by atoms with van der Waals surface area (Å²) in [7, 11) is 0. The van der Waals surface area contributed by atoms with E-state index in [1.54, 1.807) is 6.08 Å². The Morgan fingerprint density at radius 2 is 2.28 bits per heavy atom. The second kappa shape index (κ2) is 4.72. The highest BCUT2D eigenvalue weighted by atomic mass is 16.5. The molecule has 4 nitrogen and oxygen atoms in total. The van der Waals surface area contributed by atoms with Gasteiger partial charge in [0.1, 0.15) is 11.5 Å². The average molecular weight is 244 g/mol. The molecule has 0 fully saturated rings. The molecule has 0 radical (unpaired) electrons. The van der Waals surface area contributed by atoms with E-state index in [0.717, 1.165) is 37.3 Å². The van der Waals surface area contributed by atoms with Gasteiger partial charge in [0.2, 0.25) is 0 Å². The largest absolute Gasteiger partial charge is 0.510 e. The number of hydrogen-bond donors (Lipinski definition) is 2. The van der Waals surface area contributed by atoms with Gasteiger partial charge in [-0.2, -0.15) is 5.10 Å². The van der Waals surface area contributed by atoms with Crippen LogP contribution in [0.4, 0.5) is 0 Å². The van der Waals surface area contributed by atoms with Crippen LogP contribution in [-0.2, 0) is 12.8 Å². The fourth-order valence-corrected chi connectivity index (χ4v) is 2.29. The van der Waals surface area contributed by atoms with Crippen molar-refractivity contribution in [1.29, 1.82) is 0 Å². The van der Waals surface area contributed by atoms with Gasteiger partial charge < -0.3 is 15.3 Å². The smallest absolute Gasteiger partial charge is 0.122 e. The number of ether oxygens (including phenoxy) is 1. The zero-order valence-electron chi connectivity index (χ0n) is 10.1. The normalized spacial score (nSPS) is 17.3. The number of aliphatic hydroxyl groups excluding tert-OH is 1. The third-order valence-corrected chi connectivity index (χ3v) is 3.24. The summed E-state index contributed by atoms with van der Waals surface area (Å²) in [5.41, 5.74) is 6.30. The SMILES string of the molecule is OC1=CC(CCc2ccc3c(c2)CCO3)=NNC1. The summed E-state index contributed by atoms with van der Waals surface area (Å²) in [4.78, 5) is 0. The predicted octanol–water partition coefficient (Wildman–Crippen LogP) is 1.96. The van der Waals surface area contributed by atoms with Gasteiger partial charge in [-0.25, -0.2) is 0 Å². The molecule has 0 saturated heterocycles. The third kappa shape index (κ3) is 2.32. The van der Waals surface area contributed by atoms with Crippen molar-refractivity contribution in [3.8, 4) is 5.75 Å². The summed E-state index contributed by atoms with van der Waals surface area (Å²) in [6.07, 6.45) is 4.51. The molecule has 2 N–H and O–H groups in total. The van der Waals surface area contributed by atoms with Gasteiger partial charge in [0.15, 0.2) is 0 Å². The van der Waals surface area contributed by atoms with Crippen LogP contribution in [0.15, 0.2) is 35.1 Å². The molecule has 2 aliphatic rings. The number of aliphatic hydroxyl groups is 1. The van der Waals surface area contributed by atoms with Crippen molar-refractivity contribution in [2.45, 2.75) is 19.3 Å². The molecule has 0 atom stereocenters. The van der Waals surface area contributed by atoms with Crippen molar-refractivity contribution in [2.24, 2.45) is 5.10 Å². The first-order valence-corrected chi connectivity index (χ1v) is 6.25. The Kier molecular flexibility index (Phi) is 2.92. The van der Waals surface area contributed by atoms with Gasteiger partial charge in [-0.05, 0) is 30.0 Å². The Hall–Kier alpha value is -1.97. The van der Waals surface area contributed by atoms with E-state index < -0.39 is 0 Å². The quantitative estimate of drug-likeness (QED) is 0.854. The monoisotopic (exact) mass is 244 g/mol. The summed E-state index contributed by atoms with van der Waals surface area (Å²) >= 11 is 0.